The second kappa shape index (κ2) is 6.17. The van der Waals surface area contributed by atoms with Crippen LogP contribution in [-0.2, 0) is 15.8 Å². The Morgan fingerprint density at radius 2 is 1.65 bits per heavy atom. The predicted molar refractivity (Wildman–Crippen MR) is 95.6 cm³/mol. The highest BCUT2D eigenvalue weighted by Crippen LogP contribution is 2.46. The van der Waals surface area contributed by atoms with Crippen molar-refractivity contribution in [2.75, 3.05) is 6.61 Å². The van der Waals surface area contributed by atoms with Gasteiger partial charge in [0.25, 0.3) is 0 Å². The van der Waals surface area contributed by atoms with E-state index in [-0.39, 0.29) is 11.2 Å². The lowest BCUT2D eigenvalue weighted by atomic mass is 9.74. The van der Waals surface area contributed by atoms with Gasteiger partial charge in [-0.25, -0.2) is 0 Å². The molecule has 0 unspecified atom stereocenters. The lowest BCUT2D eigenvalue weighted by Gasteiger charge is -2.42. The van der Waals surface area contributed by atoms with Crippen LogP contribution in [0.15, 0.2) is 36.4 Å². The molecule has 1 aliphatic rings. The van der Waals surface area contributed by atoms with Crippen molar-refractivity contribution < 1.29 is 22.6 Å². The molecule has 0 N–H and O–H groups in total. The molecule has 140 valence electrons. The molecule has 0 radical (unpaired) electrons. The standard InChI is InChI=1S/C20H20ClF3O2/c1-18(2)11-25-19(3,4)15-10-16(21)13(9-14(15)18)12-7-5-6-8-17(12)26-20(22,23)24/h5-10H,11H2,1-4H3. The number of halogens is 4. The Kier molecular flexibility index (Phi) is 4.52. The summed E-state index contributed by atoms with van der Waals surface area (Å²) >= 11 is 6.47. The van der Waals surface area contributed by atoms with E-state index >= 15 is 0 Å². The number of benzene rings is 2. The Morgan fingerprint density at radius 3 is 2.31 bits per heavy atom. The number of hydrogen-bond donors (Lipinski definition) is 0. The van der Waals surface area contributed by atoms with Crippen molar-refractivity contribution in [3.05, 3.63) is 52.5 Å². The van der Waals surface area contributed by atoms with Crippen LogP contribution in [0.2, 0.25) is 5.02 Å². The molecule has 0 aromatic heterocycles. The summed E-state index contributed by atoms with van der Waals surface area (Å²) in [5.41, 5.74) is 1.96. The molecule has 0 fully saturated rings. The third-order valence-corrected chi connectivity index (χ3v) is 4.99. The van der Waals surface area contributed by atoms with Crippen molar-refractivity contribution in [1.29, 1.82) is 0 Å². The summed E-state index contributed by atoms with van der Waals surface area (Å²) < 4.78 is 48.5. The summed E-state index contributed by atoms with van der Waals surface area (Å²) in [5.74, 6) is -0.272. The fraction of sp³-hybridized carbons (Fsp3) is 0.400. The summed E-state index contributed by atoms with van der Waals surface area (Å²) in [6, 6.07) is 9.67. The second-order valence-electron chi connectivity index (χ2n) is 7.60. The Hall–Kier alpha value is -1.72. The number of rotatable bonds is 2. The van der Waals surface area contributed by atoms with Gasteiger partial charge in [-0.15, -0.1) is 13.2 Å². The molecule has 1 aliphatic heterocycles. The minimum atomic E-state index is -4.77. The van der Waals surface area contributed by atoms with Crippen LogP contribution < -0.4 is 4.74 Å². The summed E-state index contributed by atoms with van der Waals surface area (Å²) in [6.07, 6.45) is -4.77. The molecule has 0 spiro atoms. The van der Waals surface area contributed by atoms with E-state index in [2.05, 4.69) is 4.74 Å². The van der Waals surface area contributed by atoms with E-state index in [9.17, 15) is 13.2 Å². The van der Waals surface area contributed by atoms with Crippen LogP contribution in [0.3, 0.4) is 0 Å². The number of para-hydroxylation sites is 1. The third-order valence-electron chi connectivity index (χ3n) is 4.68. The number of fused-ring (bicyclic) bond motifs is 1. The zero-order valence-corrected chi connectivity index (χ0v) is 15.8. The molecule has 2 aromatic carbocycles. The van der Waals surface area contributed by atoms with Gasteiger partial charge in [-0.3, -0.25) is 0 Å². The van der Waals surface area contributed by atoms with Crippen LogP contribution in [-0.4, -0.2) is 13.0 Å². The van der Waals surface area contributed by atoms with Gasteiger partial charge >= 0.3 is 6.36 Å². The van der Waals surface area contributed by atoms with Crippen molar-refractivity contribution in [3.8, 4) is 16.9 Å². The predicted octanol–water partition coefficient (Wildman–Crippen LogP) is 6.45. The molecule has 0 bridgehead atoms. The maximum Gasteiger partial charge on any atom is 0.573 e. The molecule has 3 rings (SSSR count). The van der Waals surface area contributed by atoms with E-state index in [0.717, 1.165) is 11.1 Å². The molecule has 2 nitrogen and oxygen atoms in total. The molecular weight excluding hydrogens is 365 g/mol. The fourth-order valence-electron chi connectivity index (χ4n) is 3.26. The van der Waals surface area contributed by atoms with Crippen LogP contribution in [0, 0.1) is 0 Å². The van der Waals surface area contributed by atoms with E-state index in [0.29, 0.717) is 22.8 Å². The van der Waals surface area contributed by atoms with Crippen molar-refractivity contribution in [2.24, 2.45) is 0 Å². The fourth-order valence-corrected chi connectivity index (χ4v) is 3.52. The van der Waals surface area contributed by atoms with Gasteiger partial charge in [0.15, 0.2) is 0 Å². The molecule has 0 saturated carbocycles. The number of hydrogen-bond acceptors (Lipinski definition) is 2. The maximum absolute atomic E-state index is 12.8. The van der Waals surface area contributed by atoms with Crippen LogP contribution in [0.1, 0.15) is 38.8 Å². The van der Waals surface area contributed by atoms with E-state index in [1.54, 1.807) is 18.2 Å². The van der Waals surface area contributed by atoms with Crippen LogP contribution in [0.4, 0.5) is 13.2 Å². The first-order valence-corrected chi connectivity index (χ1v) is 8.62. The quantitative estimate of drug-likeness (QED) is 0.592. The molecule has 0 atom stereocenters. The van der Waals surface area contributed by atoms with Crippen molar-refractivity contribution in [2.45, 2.75) is 45.1 Å². The van der Waals surface area contributed by atoms with Gasteiger partial charge in [0, 0.05) is 21.6 Å². The first-order chi connectivity index (χ1) is 11.9. The minimum Gasteiger partial charge on any atom is -0.405 e. The van der Waals surface area contributed by atoms with E-state index in [4.69, 9.17) is 16.3 Å². The highest BCUT2D eigenvalue weighted by Gasteiger charge is 2.39. The van der Waals surface area contributed by atoms with Gasteiger partial charge < -0.3 is 9.47 Å². The molecule has 6 heteroatoms. The summed E-state index contributed by atoms with van der Waals surface area (Å²) in [7, 11) is 0. The Balaban J connectivity index is 2.20. The van der Waals surface area contributed by atoms with Crippen LogP contribution in [0.25, 0.3) is 11.1 Å². The average molecular weight is 385 g/mol. The number of alkyl halides is 3. The zero-order chi connectivity index (χ0) is 19.3. The largest absolute Gasteiger partial charge is 0.573 e. The highest BCUT2D eigenvalue weighted by atomic mass is 35.5. The topological polar surface area (TPSA) is 18.5 Å². The average Bonchev–Trinajstić information content (AvgIpc) is 2.51. The highest BCUT2D eigenvalue weighted by molar-refractivity contribution is 6.33. The van der Waals surface area contributed by atoms with Crippen molar-refractivity contribution in [1.82, 2.24) is 0 Å². The molecule has 0 amide bonds. The smallest absolute Gasteiger partial charge is 0.405 e. The minimum absolute atomic E-state index is 0.272. The Bertz CT molecular complexity index is 841. The lowest BCUT2D eigenvalue weighted by molar-refractivity contribution is -0.274. The van der Waals surface area contributed by atoms with Crippen LogP contribution >= 0.6 is 11.6 Å². The SMILES string of the molecule is CC1(C)COC(C)(C)c2cc(Cl)c(-c3ccccc3OC(F)(F)F)cc21. The third kappa shape index (κ3) is 3.55. The van der Waals surface area contributed by atoms with Crippen molar-refractivity contribution >= 4 is 11.6 Å². The lowest BCUT2D eigenvalue weighted by Crippen LogP contribution is -2.39. The van der Waals surface area contributed by atoms with E-state index < -0.39 is 12.0 Å². The summed E-state index contributed by atoms with van der Waals surface area (Å²) in [4.78, 5) is 0. The summed E-state index contributed by atoms with van der Waals surface area (Å²) in [5, 5.41) is 0.358. The van der Waals surface area contributed by atoms with Crippen molar-refractivity contribution in [3.63, 3.8) is 0 Å². The van der Waals surface area contributed by atoms with Gasteiger partial charge in [0.2, 0.25) is 0 Å². The monoisotopic (exact) mass is 384 g/mol. The van der Waals surface area contributed by atoms with Gasteiger partial charge in [0.1, 0.15) is 5.75 Å². The first-order valence-electron chi connectivity index (χ1n) is 8.24. The Morgan fingerprint density at radius 1 is 1.00 bits per heavy atom. The van der Waals surface area contributed by atoms with Crippen LogP contribution in [0.5, 0.6) is 5.75 Å². The Labute approximate surface area is 155 Å². The second-order valence-corrected chi connectivity index (χ2v) is 8.01. The molecular formula is C20H20ClF3O2. The van der Waals surface area contributed by atoms with Gasteiger partial charge in [-0.1, -0.05) is 43.6 Å². The van der Waals surface area contributed by atoms with Gasteiger partial charge in [-0.2, -0.15) is 0 Å². The van der Waals surface area contributed by atoms with Gasteiger partial charge in [0.05, 0.1) is 12.2 Å². The zero-order valence-electron chi connectivity index (χ0n) is 15.0. The molecule has 26 heavy (non-hydrogen) atoms. The molecule has 0 aliphatic carbocycles. The molecule has 2 aromatic rings. The van der Waals surface area contributed by atoms with E-state index in [1.807, 2.05) is 33.8 Å². The first kappa shape index (κ1) is 19.1. The number of ether oxygens (including phenoxy) is 2. The normalized spacial score (nSPS) is 18.3. The maximum atomic E-state index is 12.8. The summed E-state index contributed by atoms with van der Waals surface area (Å²) in [6.45, 7) is 8.50. The van der Waals surface area contributed by atoms with Gasteiger partial charge in [-0.05, 0) is 43.2 Å². The van der Waals surface area contributed by atoms with E-state index in [1.165, 1.54) is 12.1 Å². The molecule has 1 heterocycles. The molecule has 0 saturated heterocycles.